The van der Waals surface area contributed by atoms with E-state index in [4.69, 9.17) is 0 Å². The first-order valence-corrected chi connectivity index (χ1v) is 8.62. The second-order valence-corrected chi connectivity index (χ2v) is 6.74. The van der Waals surface area contributed by atoms with Gasteiger partial charge in [0, 0.05) is 29.2 Å². The number of benzene rings is 2. The summed E-state index contributed by atoms with van der Waals surface area (Å²) < 4.78 is 2.13. The fourth-order valence-electron chi connectivity index (χ4n) is 3.00. The lowest BCUT2D eigenvalue weighted by Gasteiger charge is -2.18. The number of carbonyl (C=O) groups excluding carboxylic acids is 1. The Morgan fingerprint density at radius 3 is 2.46 bits per heavy atom. The summed E-state index contributed by atoms with van der Waals surface area (Å²) in [5, 5.41) is 12.8. The predicted octanol–water partition coefficient (Wildman–Crippen LogP) is 3.53. The van der Waals surface area contributed by atoms with Gasteiger partial charge in [-0.2, -0.15) is 0 Å². The highest BCUT2D eigenvalue weighted by Crippen LogP contribution is 2.19. The van der Waals surface area contributed by atoms with Gasteiger partial charge in [-0.15, -0.1) is 0 Å². The van der Waals surface area contributed by atoms with Crippen LogP contribution in [0.4, 0.5) is 0 Å². The van der Waals surface area contributed by atoms with Crippen molar-refractivity contribution in [3.05, 3.63) is 71.9 Å². The number of aromatic nitrogens is 1. The number of amides is 1. The molecule has 1 amide bonds. The first-order valence-electron chi connectivity index (χ1n) is 8.62. The third kappa shape index (κ3) is 3.77. The second-order valence-electron chi connectivity index (χ2n) is 6.74. The van der Waals surface area contributed by atoms with Crippen LogP contribution in [0.2, 0.25) is 0 Å². The van der Waals surface area contributed by atoms with E-state index in [2.05, 4.69) is 22.0 Å². The number of carbonyl (C=O) groups is 2. The molecule has 3 aromatic rings. The molecule has 1 atom stereocenters. The minimum absolute atomic E-state index is 0.188. The molecule has 0 saturated heterocycles. The molecule has 0 saturated carbocycles. The van der Waals surface area contributed by atoms with Crippen LogP contribution in [-0.2, 0) is 11.3 Å². The minimum Gasteiger partial charge on any atom is -0.480 e. The number of fused-ring (bicyclic) bond motifs is 1. The Morgan fingerprint density at radius 1 is 1.08 bits per heavy atom. The van der Waals surface area contributed by atoms with Crippen LogP contribution in [-0.4, -0.2) is 27.6 Å². The molecule has 0 aliphatic carbocycles. The van der Waals surface area contributed by atoms with Gasteiger partial charge < -0.3 is 15.0 Å². The van der Waals surface area contributed by atoms with Crippen LogP contribution in [0.3, 0.4) is 0 Å². The van der Waals surface area contributed by atoms with Crippen LogP contribution < -0.4 is 5.32 Å². The zero-order valence-corrected chi connectivity index (χ0v) is 14.8. The summed E-state index contributed by atoms with van der Waals surface area (Å²) >= 11 is 0. The minimum atomic E-state index is -1.02. The first-order chi connectivity index (χ1) is 12.5. The van der Waals surface area contributed by atoms with Crippen LogP contribution in [0.25, 0.3) is 10.9 Å². The molecule has 0 bridgehead atoms. The maximum Gasteiger partial charge on any atom is 0.326 e. The number of hydrogen-bond donors (Lipinski definition) is 2. The van der Waals surface area contributed by atoms with E-state index < -0.39 is 12.0 Å². The van der Waals surface area contributed by atoms with E-state index in [1.165, 1.54) is 5.56 Å². The molecule has 2 aromatic carbocycles. The third-order valence-corrected chi connectivity index (χ3v) is 4.45. The van der Waals surface area contributed by atoms with Crippen LogP contribution in [0.15, 0.2) is 60.8 Å². The zero-order valence-electron chi connectivity index (χ0n) is 14.8. The van der Waals surface area contributed by atoms with Gasteiger partial charge in [0.05, 0.1) is 0 Å². The third-order valence-electron chi connectivity index (χ3n) is 4.45. The van der Waals surface area contributed by atoms with Crippen molar-refractivity contribution in [1.29, 1.82) is 0 Å². The van der Waals surface area contributed by atoms with Gasteiger partial charge in [-0.25, -0.2) is 4.79 Å². The van der Waals surface area contributed by atoms with Gasteiger partial charge >= 0.3 is 5.97 Å². The van der Waals surface area contributed by atoms with Crippen molar-refractivity contribution < 1.29 is 14.7 Å². The summed E-state index contributed by atoms with van der Waals surface area (Å²) in [5.74, 6) is -1.58. The van der Waals surface area contributed by atoms with Crippen molar-refractivity contribution in [3.63, 3.8) is 0 Å². The molecule has 134 valence electrons. The fraction of sp³-hybridized carbons (Fsp3) is 0.238. The molecule has 1 aromatic heterocycles. The predicted molar refractivity (Wildman–Crippen MR) is 101 cm³/mol. The standard InChI is InChI=1S/C21H22N2O3/c1-14(2)19(21(25)26)22-20(24)17-8-9-18-16(12-17)10-11-23(18)13-15-6-4-3-5-7-15/h3-12,14,19H,13H2,1-2H3,(H,22,24)(H,25,26). The molecule has 5 nitrogen and oxygen atoms in total. The molecule has 0 aliphatic rings. The molecule has 0 aliphatic heterocycles. The highest BCUT2D eigenvalue weighted by Gasteiger charge is 2.24. The SMILES string of the molecule is CC(C)C(NC(=O)c1ccc2c(ccn2Cc2ccccc2)c1)C(=O)O. The molecule has 0 fully saturated rings. The van der Waals surface area contributed by atoms with Crippen molar-refractivity contribution in [2.45, 2.75) is 26.4 Å². The monoisotopic (exact) mass is 350 g/mol. The number of hydrogen-bond acceptors (Lipinski definition) is 2. The normalized spacial score (nSPS) is 12.3. The Balaban J connectivity index is 1.82. The van der Waals surface area contributed by atoms with Crippen molar-refractivity contribution >= 4 is 22.8 Å². The smallest absolute Gasteiger partial charge is 0.326 e. The van der Waals surface area contributed by atoms with E-state index in [9.17, 15) is 14.7 Å². The lowest BCUT2D eigenvalue weighted by Crippen LogP contribution is -2.44. The van der Waals surface area contributed by atoms with Crippen molar-refractivity contribution in [2.75, 3.05) is 0 Å². The van der Waals surface area contributed by atoms with Gasteiger partial charge in [-0.1, -0.05) is 44.2 Å². The fourth-order valence-corrected chi connectivity index (χ4v) is 3.00. The summed E-state index contributed by atoms with van der Waals surface area (Å²) in [6.07, 6.45) is 1.99. The van der Waals surface area contributed by atoms with Gasteiger partial charge in [0.25, 0.3) is 5.91 Å². The Hall–Kier alpha value is -3.08. The van der Waals surface area contributed by atoms with Crippen molar-refractivity contribution in [1.82, 2.24) is 9.88 Å². The molecule has 5 heteroatoms. The van der Waals surface area contributed by atoms with Crippen molar-refractivity contribution in [2.24, 2.45) is 5.92 Å². The lowest BCUT2D eigenvalue weighted by molar-refractivity contribution is -0.140. The summed E-state index contributed by atoms with van der Waals surface area (Å²) in [6.45, 7) is 4.29. The molecule has 1 heterocycles. The Bertz CT molecular complexity index is 929. The lowest BCUT2D eigenvalue weighted by atomic mass is 10.0. The summed E-state index contributed by atoms with van der Waals surface area (Å²) in [5.41, 5.74) is 2.69. The number of rotatable bonds is 6. The number of nitrogens with zero attached hydrogens (tertiary/aromatic N) is 1. The first kappa shape index (κ1) is 17.7. The number of carboxylic acids is 1. The van der Waals surface area contributed by atoms with Gasteiger partial charge in [0.15, 0.2) is 0 Å². The van der Waals surface area contributed by atoms with Gasteiger partial charge in [0.1, 0.15) is 6.04 Å². The topological polar surface area (TPSA) is 71.3 Å². The van der Waals surface area contributed by atoms with Crippen LogP contribution in [0.5, 0.6) is 0 Å². The van der Waals surface area contributed by atoms with E-state index in [1.54, 1.807) is 26.0 Å². The van der Waals surface area contributed by atoms with Crippen LogP contribution >= 0.6 is 0 Å². The molecule has 26 heavy (non-hydrogen) atoms. The molecule has 2 N–H and O–H groups in total. The largest absolute Gasteiger partial charge is 0.480 e. The quantitative estimate of drug-likeness (QED) is 0.714. The average Bonchev–Trinajstić information content (AvgIpc) is 3.02. The Labute approximate surface area is 152 Å². The molecule has 0 radical (unpaired) electrons. The summed E-state index contributed by atoms with van der Waals surface area (Å²) in [7, 11) is 0. The average molecular weight is 350 g/mol. The second kappa shape index (κ2) is 7.44. The molecular weight excluding hydrogens is 328 g/mol. The van der Waals surface area contributed by atoms with E-state index in [0.29, 0.717) is 5.56 Å². The Kier molecular flexibility index (Phi) is 5.07. The molecule has 1 unspecified atom stereocenters. The Morgan fingerprint density at radius 2 is 1.81 bits per heavy atom. The highest BCUT2D eigenvalue weighted by atomic mass is 16.4. The highest BCUT2D eigenvalue weighted by molar-refractivity contribution is 5.99. The van der Waals surface area contributed by atoms with Crippen LogP contribution in [0.1, 0.15) is 29.8 Å². The van der Waals surface area contributed by atoms with Gasteiger partial charge in [-0.3, -0.25) is 4.79 Å². The number of carboxylic acid groups (broad SMARTS) is 1. The maximum atomic E-state index is 12.4. The van der Waals surface area contributed by atoms with E-state index in [-0.39, 0.29) is 11.8 Å². The van der Waals surface area contributed by atoms with E-state index in [1.807, 2.05) is 36.5 Å². The zero-order chi connectivity index (χ0) is 18.7. The van der Waals surface area contributed by atoms with Crippen LogP contribution in [0, 0.1) is 5.92 Å². The maximum absolute atomic E-state index is 12.4. The van der Waals surface area contributed by atoms with Gasteiger partial charge in [-0.05, 0) is 35.7 Å². The molecule has 0 spiro atoms. The van der Waals surface area contributed by atoms with Gasteiger partial charge in [0.2, 0.25) is 0 Å². The summed E-state index contributed by atoms with van der Waals surface area (Å²) in [6, 6.07) is 16.7. The van der Waals surface area contributed by atoms with E-state index in [0.717, 1.165) is 17.4 Å². The molecule has 3 rings (SSSR count). The summed E-state index contributed by atoms with van der Waals surface area (Å²) in [4.78, 5) is 23.7. The number of nitrogens with one attached hydrogen (secondary N) is 1. The molecular formula is C21H22N2O3. The van der Waals surface area contributed by atoms with Crippen molar-refractivity contribution in [3.8, 4) is 0 Å². The van der Waals surface area contributed by atoms with E-state index >= 15 is 0 Å². The number of aliphatic carboxylic acids is 1.